The third-order valence-electron chi connectivity index (χ3n) is 2.88. The molecule has 0 amide bonds. The van der Waals surface area contributed by atoms with Gasteiger partial charge in [-0.15, -0.1) is 0 Å². The van der Waals surface area contributed by atoms with Gasteiger partial charge in [-0.1, -0.05) is 0 Å². The number of methoxy groups -OCH3 is 2. The summed E-state index contributed by atoms with van der Waals surface area (Å²) in [7, 11) is 4.85. The van der Waals surface area contributed by atoms with E-state index in [1.165, 1.54) is 0 Å². The maximum atomic E-state index is 12.4. The van der Waals surface area contributed by atoms with E-state index in [0.717, 1.165) is 5.69 Å². The highest BCUT2D eigenvalue weighted by Gasteiger charge is 2.16. The summed E-state index contributed by atoms with van der Waals surface area (Å²) in [5.41, 5.74) is 1.90. The van der Waals surface area contributed by atoms with Crippen LogP contribution in [0.15, 0.2) is 24.3 Å². The maximum absolute atomic E-state index is 12.4. The van der Waals surface area contributed by atoms with E-state index in [1.807, 2.05) is 6.92 Å². The minimum Gasteiger partial charge on any atom is -0.493 e. The monoisotopic (exact) mass is 260 g/mol. The van der Waals surface area contributed by atoms with Gasteiger partial charge in [-0.05, 0) is 31.2 Å². The molecule has 100 valence electrons. The average Bonchev–Trinajstić information content (AvgIpc) is 2.76. The Balaban J connectivity index is 2.42. The molecule has 19 heavy (non-hydrogen) atoms. The fourth-order valence-corrected chi connectivity index (χ4v) is 1.95. The normalized spacial score (nSPS) is 10.3. The molecule has 5 heteroatoms. The lowest BCUT2D eigenvalue weighted by atomic mass is 10.1. The summed E-state index contributed by atoms with van der Waals surface area (Å²) in [6, 6.07) is 6.86. The van der Waals surface area contributed by atoms with Crippen molar-refractivity contribution in [2.75, 3.05) is 14.2 Å². The molecule has 0 saturated carbocycles. The summed E-state index contributed by atoms with van der Waals surface area (Å²) in [4.78, 5) is 12.4. The number of nitrogens with zero attached hydrogens (tertiary/aromatic N) is 2. The first kappa shape index (κ1) is 13.1. The van der Waals surface area contributed by atoms with Crippen molar-refractivity contribution in [2.45, 2.75) is 6.92 Å². The summed E-state index contributed by atoms with van der Waals surface area (Å²) in [5, 5.41) is 4.17. The van der Waals surface area contributed by atoms with Crippen molar-refractivity contribution < 1.29 is 14.3 Å². The molecule has 5 nitrogen and oxygen atoms in total. The molecular formula is C14H16N2O3. The lowest BCUT2D eigenvalue weighted by molar-refractivity contribution is 0.103. The molecule has 0 N–H and O–H groups in total. The van der Waals surface area contributed by atoms with Crippen LogP contribution in [0, 0.1) is 6.92 Å². The topological polar surface area (TPSA) is 53.3 Å². The van der Waals surface area contributed by atoms with Crippen molar-refractivity contribution in [3.63, 3.8) is 0 Å². The number of ether oxygens (including phenoxy) is 2. The second-order valence-corrected chi connectivity index (χ2v) is 4.19. The Morgan fingerprint density at radius 3 is 2.37 bits per heavy atom. The number of carbonyl (C=O) groups is 1. The lowest BCUT2D eigenvalue weighted by Gasteiger charge is -2.09. The van der Waals surface area contributed by atoms with Gasteiger partial charge in [0, 0.05) is 12.6 Å². The van der Waals surface area contributed by atoms with Gasteiger partial charge in [0.05, 0.1) is 19.9 Å². The molecule has 0 spiro atoms. The zero-order valence-corrected chi connectivity index (χ0v) is 11.4. The Kier molecular flexibility index (Phi) is 3.55. The van der Waals surface area contributed by atoms with Crippen LogP contribution in [0.1, 0.15) is 21.7 Å². The maximum Gasteiger partial charge on any atom is 0.211 e. The predicted octanol–water partition coefficient (Wildman–Crippen LogP) is 1.98. The quantitative estimate of drug-likeness (QED) is 0.789. The number of ketones is 1. The van der Waals surface area contributed by atoms with Crippen LogP contribution < -0.4 is 9.47 Å². The van der Waals surface area contributed by atoms with Crippen LogP contribution in [0.5, 0.6) is 11.5 Å². The van der Waals surface area contributed by atoms with E-state index in [4.69, 9.17) is 9.47 Å². The SMILES string of the molecule is COc1ccc(C(=O)c2cc(C)nn2C)cc1OC. The van der Waals surface area contributed by atoms with E-state index in [9.17, 15) is 4.79 Å². The van der Waals surface area contributed by atoms with E-state index in [1.54, 1.807) is 50.2 Å². The summed E-state index contributed by atoms with van der Waals surface area (Å²) < 4.78 is 11.9. The first-order valence-corrected chi connectivity index (χ1v) is 5.84. The third kappa shape index (κ3) is 2.45. The molecular weight excluding hydrogens is 244 g/mol. The molecule has 0 radical (unpaired) electrons. The van der Waals surface area contributed by atoms with Gasteiger partial charge in [0.1, 0.15) is 5.69 Å². The van der Waals surface area contributed by atoms with E-state index in [0.29, 0.717) is 22.8 Å². The Morgan fingerprint density at radius 2 is 1.84 bits per heavy atom. The van der Waals surface area contributed by atoms with Gasteiger partial charge in [0.25, 0.3) is 0 Å². The van der Waals surface area contributed by atoms with Gasteiger partial charge in [-0.3, -0.25) is 9.48 Å². The highest BCUT2D eigenvalue weighted by atomic mass is 16.5. The number of hydrogen-bond acceptors (Lipinski definition) is 4. The van der Waals surface area contributed by atoms with Crippen molar-refractivity contribution in [1.82, 2.24) is 9.78 Å². The third-order valence-corrected chi connectivity index (χ3v) is 2.88. The number of hydrogen-bond donors (Lipinski definition) is 0. The van der Waals surface area contributed by atoms with Crippen LogP contribution in [0.25, 0.3) is 0 Å². The molecule has 2 rings (SSSR count). The van der Waals surface area contributed by atoms with E-state index in [2.05, 4.69) is 5.10 Å². The van der Waals surface area contributed by atoms with Crippen LogP contribution in [0.4, 0.5) is 0 Å². The fourth-order valence-electron chi connectivity index (χ4n) is 1.95. The van der Waals surface area contributed by atoms with Crippen LogP contribution in [0.3, 0.4) is 0 Å². The number of benzene rings is 1. The second-order valence-electron chi connectivity index (χ2n) is 4.19. The summed E-state index contributed by atoms with van der Waals surface area (Å²) in [6.45, 7) is 1.85. The highest BCUT2D eigenvalue weighted by molar-refractivity contribution is 6.08. The van der Waals surface area contributed by atoms with Crippen LogP contribution >= 0.6 is 0 Å². The molecule has 1 heterocycles. The summed E-state index contributed by atoms with van der Waals surface area (Å²) in [5.74, 6) is 1.04. The van der Waals surface area contributed by atoms with Crippen LogP contribution in [0.2, 0.25) is 0 Å². The molecule has 2 aromatic rings. The number of carbonyl (C=O) groups excluding carboxylic acids is 1. The van der Waals surface area contributed by atoms with Crippen molar-refractivity contribution in [1.29, 1.82) is 0 Å². The number of aromatic nitrogens is 2. The molecule has 1 aromatic heterocycles. The minimum atomic E-state index is -0.0935. The van der Waals surface area contributed by atoms with Crippen molar-refractivity contribution in [3.05, 3.63) is 41.2 Å². The Hall–Kier alpha value is -2.30. The number of aryl methyl sites for hydroxylation is 2. The largest absolute Gasteiger partial charge is 0.493 e. The van der Waals surface area contributed by atoms with Gasteiger partial charge in [0.15, 0.2) is 11.5 Å². The lowest BCUT2D eigenvalue weighted by Crippen LogP contribution is -2.08. The Labute approximate surface area is 111 Å². The van der Waals surface area contributed by atoms with E-state index < -0.39 is 0 Å². The Morgan fingerprint density at radius 1 is 1.16 bits per heavy atom. The van der Waals surface area contributed by atoms with Gasteiger partial charge < -0.3 is 9.47 Å². The Bertz CT molecular complexity index is 617. The van der Waals surface area contributed by atoms with Crippen LogP contribution in [-0.4, -0.2) is 29.8 Å². The van der Waals surface area contributed by atoms with Gasteiger partial charge in [-0.25, -0.2) is 0 Å². The van der Waals surface area contributed by atoms with Crippen molar-refractivity contribution >= 4 is 5.78 Å². The molecule has 0 aliphatic carbocycles. The molecule has 0 atom stereocenters. The van der Waals surface area contributed by atoms with Gasteiger partial charge in [0.2, 0.25) is 5.78 Å². The molecule has 0 fully saturated rings. The molecule has 0 bridgehead atoms. The summed E-state index contributed by atoms with van der Waals surface area (Å²) >= 11 is 0. The smallest absolute Gasteiger partial charge is 0.211 e. The number of rotatable bonds is 4. The molecule has 0 unspecified atom stereocenters. The van der Waals surface area contributed by atoms with Gasteiger partial charge >= 0.3 is 0 Å². The van der Waals surface area contributed by atoms with Crippen molar-refractivity contribution in [3.8, 4) is 11.5 Å². The average molecular weight is 260 g/mol. The van der Waals surface area contributed by atoms with Crippen LogP contribution in [-0.2, 0) is 7.05 Å². The zero-order chi connectivity index (χ0) is 14.0. The predicted molar refractivity (Wildman–Crippen MR) is 70.9 cm³/mol. The van der Waals surface area contributed by atoms with E-state index >= 15 is 0 Å². The van der Waals surface area contributed by atoms with E-state index in [-0.39, 0.29) is 5.78 Å². The molecule has 0 saturated heterocycles. The fraction of sp³-hybridized carbons (Fsp3) is 0.286. The molecule has 0 aliphatic rings. The molecule has 1 aromatic carbocycles. The minimum absolute atomic E-state index is 0.0935. The van der Waals surface area contributed by atoms with Crippen molar-refractivity contribution in [2.24, 2.45) is 7.05 Å². The first-order valence-electron chi connectivity index (χ1n) is 5.84. The zero-order valence-electron chi connectivity index (χ0n) is 11.4. The summed E-state index contributed by atoms with van der Waals surface area (Å²) in [6.07, 6.45) is 0. The second kappa shape index (κ2) is 5.14. The van der Waals surface area contributed by atoms with Gasteiger partial charge in [-0.2, -0.15) is 5.10 Å². The molecule has 0 aliphatic heterocycles. The first-order chi connectivity index (χ1) is 9.06. The standard InChI is InChI=1S/C14H16N2O3/c1-9-7-11(16(2)15-9)14(17)10-5-6-12(18-3)13(8-10)19-4/h5-8H,1-4H3. The highest BCUT2D eigenvalue weighted by Crippen LogP contribution is 2.28.